The monoisotopic (exact) mass is 227 g/mol. The van der Waals surface area contributed by atoms with Gasteiger partial charge in [0, 0.05) is 26.1 Å². The average molecular weight is 227 g/mol. The molecule has 1 aliphatic rings. The summed E-state index contributed by atoms with van der Waals surface area (Å²) in [4.78, 5) is 25.2. The highest BCUT2D eigenvalue weighted by molar-refractivity contribution is 5.88. The summed E-state index contributed by atoms with van der Waals surface area (Å²) in [5, 5.41) is 2.75. The van der Waals surface area contributed by atoms with Crippen molar-refractivity contribution in [2.45, 2.75) is 32.7 Å². The van der Waals surface area contributed by atoms with Gasteiger partial charge >= 0.3 is 0 Å². The minimum atomic E-state index is -0.346. The lowest BCUT2D eigenvalue weighted by Crippen LogP contribution is -2.51. The van der Waals surface area contributed by atoms with E-state index in [1.54, 1.807) is 4.90 Å². The quantitative estimate of drug-likeness (QED) is 0.677. The fourth-order valence-electron chi connectivity index (χ4n) is 2.07. The molecule has 16 heavy (non-hydrogen) atoms. The van der Waals surface area contributed by atoms with E-state index >= 15 is 0 Å². The SMILES string of the molecule is CC(C)C(C(=O)NCCN)N1CCCC1=O. The molecule has 0 saturated carbocycles. The molecule has 0 bridgehead atoms. The third kappa shape index (κ3) is 2.95. The Bertz CT molecular complexity index is 266. The summed E-state index contributed by atoms with van der Waals surface area (Å²) in [6.07, 6.45) is 1.42. The van der Waals surface area contributed by atoms with Gasteiger partial charge in [-0.15, -0.1) is 0 Å². The van der Waals surface area contributed by atoms with Crippen molar-refractivity contribution in [1.82, 2.24) is 10.2 Å². The van der Waals surface area contributed by atoms with Crippen LogP contribution in [0.5, 0.6) is 0 Å². The number of nitrogens with two attached hydrogens (primary N) is 1. The van der Waals surface area contributed by atoms with Crippen molar-refractivity contribution in [3.8, 4) is 0 Å². The zero-order valence-electron chi connectivity index (χ0n) is 10.0. The van der Waals surface area contributed by atoms with Crippen LogP contribution in [-0.4, -0.2) is 42.4 Å². The van der Waals surface area contributed by atoms with E-state index in [1.165, 1.54) is 0 Å². The largest absolute Gasteiger partial charge is 0.353 e. The summed E-state index contributed by atoms with van der Waals surface area (Å²) < 4.78 is 0. The predicted molar refractivity (Wildman–Crippen MR) is 61.6 cm³/mol. The van der Waals surface area contributed by atoms with Crippen LogP contribution in [-0.2, 0) is 9.59 Å². The van der Waals surface area contributed by atoms with E-state index in [0.29, 0.717) is 26.1 Å². The van der Waals surface area contributed by atoms with E-state index in [-0.39, 0.29) is 23.8 Å². The number of nitrogens with one attached hydrogen (secondary N) is 1. The molecule has 1 heterocycles. The molecular formula is C11H21N3O2. The number of carbonyl (C=O) groups excluding carboxylic acids is 2. The van der Waals surface area contributed by atoms with E-state index in [4.69, 9.17) is 5.73 Å². The lowest BCUT2D eigenvalue weighted by Gasteiger charge is -2.29. The second kappa shape index (κ2) is 5.84. The van der Waals surface area contributed by atoms with E-state index in [1.807, 2.05) is 13.8 Å². The number of nitrogens with zero attached hydrogens (tertiary/aromatic N) is 1. The molecule has 0 aliphatic carbocycles. The van der Waals surface area contributed by atoms with Crippen LogP contribution in [0.4, 0.5) is 0 Å². The van der Waals surface area contributed by atoms with Crippen LogP contribution in [0, 0.1) is 5.92 Å². The third-order valence-electron chi connectivity index (χ3n) is 2.79. The highest BCUT2D eigenvalue weighted by atomic mass is 16.2. The van der Waals surface area contributed by atoms with Gasteiger partial charge in [-0.3, -0.25) is 9.59 Å². The van der Waals surface area contributed by atoms with Crippen molar-refractivity contribution in [2.24, 2.45) is 11.7 Å². The minimum absolute atomic E-state index is 0.0848. The van der Waals surface area contributed by atoms with Gasteiger partial charge in [0.15, 0.2) is 0 Å². The molecule has 92 valence electrons. The Morgan fingerprint density at radius 1 is 1.56 bits per heavy atom. The van der Waals surface area contributed by atoms with Gasteiger partial charge in [0.1, 0.15) is 6.04 Å². The second-order valence-corrected chi connectivity index (χ2v) is 4.46. The first kappa shape index (κ1) is 13.0. The predicted octanol–water partition coefficient (Wildman–Crippen LogP) is -0.292. The molecule has 1 fully saturated rings. The van der Waals surface area contributed by atoms with E-state index in [9.17, 15) is 9.59 Å². The molecule has 0 aromatic carbocycles. The van der Waals surface area contributed by atoms with Crippen molar-refractivity contribution in [2.75, 3.05) is 19.6 Å². The molecule has 1 aliphatic heterocycles. The Hall–Kier alpha value is -1.10. The van der Waals surface area contributed by atoms with Gasteiger partial charge in [-0.2, -0.15) is 0 Å². The molecule has 0 aromatic heterocycles. The van der Waals surface area contributed by atoms with Gasteiger partial charge in [-0.05, 0) is 12.3 Å². The van der Waals surface area contributed by atoms with Gasteiger partial charge in [0.05, 0.1) is 0 Å². The zero-order chi connectivity index (χ0) is 12.1. The number of carbonyl (C=O) groups is 2. The molecule has 1 rings (SSSR count). The molecule has 3 N–H and O–H groups in total. The molecule has 0 radical (unpaired) electrons. The molecule has 5 nitrogen and oxygen atoms in total. The Balaban J connectivity index is 2.66. The molecular weight excluding hydrogens is 206 g/mol. The molecule has 2 amide bonds. The van der Waals surface area contributed by atoms with Gasteiger partial charge < -0.3 is 16.0 Å². The summed E-state index contributed by atoms with van der Waals surface area (Å²) >= 11 is 0. The van der Waals surface area contributed by atoms with Crippen LogP contribution in [0.1, 0.15) is 26.7 Å². The molecule has 5 heteroatoms. The fraction of sp³-hybridized carbons (Fsp3) is 0.818. The fourth-order valence-corrected chi connectivity index (χ4v) is 2.07. The molecule has 0 aromatic rings. The number of likely N-dealkylation sites (tertiary alicyclic amines) is 1. The Labute approximate surface area is 96.4 Å². The van der Waals surface area contributed by atoms with Crippen molar-refractivity contribution in [1.29, 1.82) is 0 Å². The summed E-state index contributed by atoms with van der Waals surface area (Å²) in [6.45, 7) is 5.49. The normalized spacial score (nSPS) is 18.0. The Morgan fingerprint density at radius 3 is 2.69 bits per heavy atom. The third-order valence-corrected chi connectivity index (χ3v) is 2.79. The van der Waals surface area contributed by atoms with Crippen molar-refractivity contribution in [3.05, 3.63) is 0 Å². The van der Waals surface area contributed by atoms with Crippen LogP contribution in [0.15, 0.2) is 0 Å². The van der Waals surface area contributed by atoms with Crippen LogP contribution >= 0.6 is 0 Å². The summed E-state index contributed by atoms with van der Waals surface area (Å²) in [7, 11) is 0. The van der Waals surface area contributed by atoms with Crippen LogP contribution in [0.3, 0.4) is 0 Å². The molecule has 0 spiro atoms. The van der Waals surface area contributed by atoms with E-state index in [2.05, 4.69) is 5.32 Å². The van der Waals surface area contributed by atoms with Crippen molar-refractivity contribution < 1.29 is 9.59 Å². The highest BCUT2D eigenvalue weighted by Gasteiger charge is 2.34. The van der Waals surface area contributed by atoms with Crippen LogP contribution < -0.4 is 11.1 Å². The number of rotatable bonds is 5. The topological polar surface area (TPSA) is 75.4 Å². The highest BCUT2D eigenvalue weighted by Crippen LogP contribution is 2.19. The van der Waals surface area contributed by atoms with Gasteiger partial charge in [0.2, 0.25) is 11.8 Å². The van der Waals surface area contributed by atoms with Crippen molar-refractivity contribution in [3.63, 3.8) is 0 Å². The van der Waals surface area contributed by atoms with E-state index in [0.717, 1.165) is 6.42 Å². The molecule has 1 unspecified atom stereocenters. The van der Waals surface area contributed by atoms with Crippen LogP contribution in [0.25, 0.3) is 0 Å². The maximum Gasteiger partial charge on any atom is 0.243 e. The second-order valence-electron chi connectivity index (χ2n) is 4.46. The maximum atomic E-state index is 11.9. The van der Waals surface area contributed by atoms with Crippen molar-refractivity contribution >= 4 is 11.8 Å². The first-order chi connectivity index (χ1) is 7.57. The maximum absolute atomic E-state index is 11.9. The molecule has 1 atom stereocenters. The number of amides is 2. The van der Waals surface area contributed by atoms with E-state index < -0.39 is 0 Å². The smallest absolute Gasteiger partial charge is 0.243 e. The lowest BCUT2D eigenvalue weighted by molar-refractivity contribution is -0.139. The first-order valence-corrected chi connectivity index (χ1v) is 5.85. The summed E-state index contributed by atoms with van der Waals surface area (Å²) in [5.74, 6) is 0.122. The minimum Gasteiger partial charge on any atom is -0.353 e. The number of hydrogen-bond acceptors (Lipinski definition) is 3. The summed E-state index contributed by atoms with van der Waals surface area (Å²) in [6, 6.07) is -0.346. The number of hydrogen-bond donors (Lipinski definition) is 2. The van der Waals surface area contributed by atoms with Gasteiger partial charge in [-0.25, -0.2) is 0 Å². The lowest BCUT2D eigenvalue weighted by atomic mass is 10.0. The standard InChI is InChI=1S/C11H21N3O2/c1-8(2)10(11(16)13-6-5-12)14-7-3-4-9(14)15/h8,10H,3-7,12H2,1-2H3,(H,13,16). The Kier molecular flexibility index (Phi) is 4.73. The zero-order valence-corrected chi connectivity index (χ0v) is 10.0. The van der Waals surface area contributed by atoms with Gasteiger partial charge in [-0.1, -0.05) is 13.8 Å². The summed E-state index contributed by atoms with van der Waals surface area (Å²) in [5.41, 5.74) is 5.34. The average Bonchev–Trinajstić information content (AvgIpc) is 2.62. The van der Waals surface area contributed by atoms with Crippen LogP contribution in [0.2, 0.25) is 0 Å². The first-order valence-electron chi connectivity index (χ1n) is 5.85. The molecule has 1 saturated heterocycles. The Morgan fingerprint density at radius 2 is 2.25 bits per heavy atom. The van der Waals surface area contributed by atoms with Gasteiger partial charge in [0.25, 0.3) is 0 Å².